The SMILES string of the molecule is CCNC(Cc1cccc(Cl)c1Cl)C1CC2CC2C1. The second-order valence-corrected chi connectivity index (χ2v) is 6.85. The van der Waals surface area contributed by atoms with E-state index in [0.717, 1.165) is 35.7 Å². The van der Waals surface area contributed by atoms with E-state index in [4.69, 9.17) is 23.2 Å². The highest BCUT2D eigenvalue weighted by Gasteiger charge is 2.47. The molecule has 0 saturated heterocycles. The Bertz CT molecular complexity index is 450. The van der Waals surface area contributed by atoms with E-state index in [1.807, 2.05) is 12.1 Å². The normalized spacial score (nSPS) is 30.2. The van der Waals surface area contributed by atoms with Gasteiger partial charge in [0.1, 0.15) is 0 Å². The average molecular weight is 298 g/mol. The number of hydrogen-bond donors (Lipinski definition) is 1. The average Bonchev–Trinajstić information content (AvgIpc) is 3.01. The van der Waals surface area contributed by atoms with Gasteiger partial charge in [0.25, 0.3) is 0 Å². The smallest absolute Gasteiger partial charge is 0.0624 e. The van der Waals surface area contributed by atoms with Crippen molar-refractivity contribution in [1.82, 2.24) is 5.32 Å². The second kappa shape index (κ2) is 5.63. The molecule has 1 nitrogen and oxygen atoms in total. The van der Waals surface area contributed by atoms with Crippen LogP contribution in [-0.2, 0) is 6.42 Å². The fraction of sp³-hybridized carbons (Fsp3) is 0.625. The summed E-state index contributed by atoms with van der Waals surface area (Å²) in [6, 6.07) is 6.52. The predicted molar refractivity (Wildman–Crippen MR) is 82.0 cm³/mol. The van der Waals surface area contributed by atoms with Crippen molar-refractivity contribution in [3.05, 3.63) is 33.8 Å². The fourth-order valence-corrected chi connectivity index (χ4v) is 4.10. The van der Waals surface area contributed by atoms with E-state index in [9.17, 15) is 0 Å². The van der Waals surface area contributed by atoms with Gasteiger partial charge in [-0.25, -0.2) is 0 Å². The molecule has 2 aliphatic carbocycles. The van der Waals surface area contributed by atoms with Crippen LogP contribution in [0.3, 0.4) is 0 Å². The predicted octanol–water partition coefficient (Wildman–Crippen LogP) is 4.56. The molecule has 0 spiro atoms. The monoisotopic (exact) mass is 297 g/mol. The first kappa shape index (κ1) is 13.7. The van der Waals surface area contributed by atoms with Crippen molar-refractivity contribution in [1.29, 1.82) is 0 Å². The van der Waals surface area contributed by atoms with Gasteiger partial charge in [0.05, 0.1) is 10.0 Å². The minimum Gasteiger partial charge on any atom is -0.314 e. The molecule has 2 aliphatic rings. The van der Waals surface area contributed by atoms with Gasteiger partial charge in [-0.3, -0.25) is 0 Å². The molecule has 1 aromatic carbocycles. The van der Waals surface area contributed by atoms with Crippen molar-refractivity contribution >= 4 is 23.2 Å². The van der Waals surface area contributed by atoms with Gasteiger partial charge >= 0.3 is 0 Å². The van der Waals surface area contributed by atoms with Crippen LogP contribution in [0.5, 0.6) is 0 Å². The van der Waals surface area contributed by atoms with E-state index < -0.39 is 0 Å². The second-order valence-electron chi connectivity index (χ2n) is 6.07. The number of hydrogen-bond acceptors (Lipinski definition) is 1. The first-order valence-electron chi connectivity index (χ1n) is 7.35. The van der Waals surface area contributed by atoms with E-state index >= 15 is 0 Å². The van der Waals surface area contributed by atoms with Crippen LogP contribution in [0.25, 0.3) is 0 Å². The first-order chi connectivity index (χ1) is 9.19. The lowest BCUT2D eigenvalue weighted by Crippen LogP contribution is -2.37. The Labute approximate surface area is 125 Å². The van der Waals surface area contributed by atoms with Crippen LogP contribution in [0.1, 0.15) is 31.7 Å². The highest BCUT2D eigenvalue weighted by atomic mass is 35.5. The Morgan fingerprint density at radius 1 is 1.21 bits per heavy atom. The Morgan fingerprint density at radius 2 is 1.95 bits per heavy atom. The number of fused-ring (bicyclic) bond motifs is 1. The largest absolute Gasteiger partial charge is 0.314 e. The maximum Gasteiger partial charge on any atom is 0.0624 e. The molecule has 2 fully saturated rings. The van der Waals surface area contributed by atoms with Crippen LogP contribution < -0.4 is 5.32 Å². The van der Waals surface area contributed by atoms with E-state index in [-0.39, 0.29) is 0 Å². The minimum atomic E-state index is 0.550. The first-order valence-corrected chi connectivity index (χ1v) is 8.11. The number of benzene rings is 1. The molecule has 2 saturated carbocycles. The van der Waals surface area contributed by atoms with Gasteiger partial charge in [-0.2, -0.15) is 0 Å². The molecule has 0 bridgehead atoms. The van der Waals surface area contributed by atoms with Crippen LogP contribution in [-0.4, -0.2) is 12.6 Å². The molecule has 0 amide bonds. The summed E-state index contributed by atoms with van der Waals surface area (Å²) in [5.41, 5.74) is 1.18. The maximum absolute atomic E-state index is 6.32. The third kappa shape index (κ3) is 2.94. The van der Waals surface area contributed by atoms with E-state index in [2.05, 4.69) is 18.3 Å². The van der Waals surface area contributed by atoms with Crippen molar-refractivity contribution in [2.45, 2.75) is 38.6 Å². The zero-order valence-corrected chi connectivity index (χ0v) is 12.8. The van der Waals surface area contributed by atoms with Crippen molar-refractivity contribution in [3.8, 4) is 0 Å². The number of likely N-dealkylation sites (N-methyl/N-ethyl adjacent to an activating group) is 1. The molecule has 19 heavy (non-hydrogen) atoms. The van der Waals surface area contributed by atoms with Crippen LogP contribution in [0.4, 0.5) is 0 Å². The minimum absolute atomic E-state index is 0.550. The molecule has 3 atom stereocenters. The molecule has 1 aromatic rings. The summed E-state index contributed by atoms with van der Waals surface area (Å²) in [5, 5.41) is 5.06. The number of halogens is 2. The maximum atomic E-state index is 6.32. The van der Waals surface area contributed by atoms with Gasteiger partial charge < -0.3 is 5.32 Å². The zero-order chi connectivity index (χ0) is 13.4. The van der Waals surface area contributed by atoms with Crippen molar-refractivity contribution < 1.29 is 0 Å². The van der Waals surface area contributed by atoms with Gasteiger partial charge in [0.2, 0.25) is 0 Å². The van der Waals surface area contributed by atoms with Crippen molar-refractivity contribution in [2.75, 3.05) is 6.54 Å². The summed E-state index contributed by atoms with van der Waals surface area (Å²) in [7, 11) is 0. The van der Waals surface area contributed by atoms with E-state index in [1.54, 1.807) is 0 Å². The third-order valence-corrected chi connectivity index (χ3v) is 5.64. The molecular weight excluding hydrogens is 277 g/mol. The molecule has 1 N–H and O–H groups in total. The van der Waals surface area contributed by atoms with E-state index in [1.165, 1.54) is 24.8 Å². The molecule has 0 aliphatic heterocycles. The molecule has 3 heteroatoms. The van der Waals surface area contributed by atoms with Crippen LogP contribution in [0.15, 0.2) is 18.2 Å². The molecule has 3 unspecified atom stereocenters. The molecule has 104 valence electrons. The van der Waals surface area contributed by atoms with Gasteiger partial charge in [-0.15, -0.1) is 0 Å². The third-order valence-electron chi connectivity index (χ3n) is 4.79. The molecule has 0 radical (unpaired) electrons. The van der Waals surface area contributed by atoms with Crippen LogP contribution >= 0.6 is 23.2 Å². The number of rotatable bonds is 5. The Hall–Kier alpha value is -0.240. The van der Waals surface area contributed by atoms with Crippen LogP contribution in [0, 0.1) is 17.8 Å². The lowest BCUT2D eigenvalue weighted by atomic mass is 9.89. The van der Waals surface area contributed by atoms with Gasteiger partial charge in [-0.05, 0) is 61.6 Å². The highest BCUT2D eigenvalue weighted by molar-refractivity contribution is 6.42. The van der Waals surface area contributed by atoms with Gasteiger partial charge in [-0.1, -0.05) is 42.3 Å². The topological polar surface area (TPSA) is 12.0 Å². The zero-order valence-electron chi connectivity index (χ0n) is 11.3. The van der Waals surface area contributed by atoms with Gasteiger partial charge in [0, 0.05) is 6.04 Å². The Morgan fingerprint density at radius 3 is 2.63 bits per heavy atom. The van der Waals surface area contributed by atoms with Crippen LogP contribution in [0.2, 0.25) is 10.0 Å². The summed E-state index contributed by atoms with van der Waals surface area (Å²) >= 11 is 12.4. The summed E-state index contributed by atoms with van der Waals surface area (Å²) < 4.78 is 0. The lowest BCUT2D eigenvalue weighted by Gasteiger charge is -2.26. The molecule has 3 rings (SSSR count). The molecule has 0 aromatic heterocycles. The standard InChI is InChI=1S/C16H21Cl2N/c1-2-19-15(13-7-11-6-12(11)8-13)9-10-4-3-5-14(17)16(10)18/h3-5,11-13,15,19H,2,6-9H2,1H3. The summed E-state index contributed by atoms with van der Waals surface area (Å²) in [6.45, 7) is 3.21. The lowest BCUT2D eigenvalue weighted by molar-refractivity contribution is 0.337. The molecule has 0 heterocycles. The van der Waals surface area contributed by atoms with Gasteiger partial charge in [0.15, 0.2) is 0 Å². The van der Waals surface area contributed by atoms with Crippen molar-refractivity contribution in [3.63, 3.8) is 0 Å². The Balaban J connectivity index is 1.71. The fourth-order valence-electron chi connectivity index (χ4n) is 3.70. The highest BCUT2D eigenvalue weighted by Crippen LogP contribution is 2.55. The summed E-state index contributed by atoms with van der Waals surface area (Å²) in [4.78, 5) is 0. The van der Waals surface area contributed by atoms with E-state index in [0.29, 0.717) is 11.1 Å². The summed E-state index contributed by atoms with van der Waals surface area (Å²) in [6.07, 6.45) is 5.28. The summed E-state index contributed by atoms with van der Waals surface area (Å²) in [5.74, 6) is 2.88. The quantitative estimate of drug-likeness (QED) is 0.840. The molecular formula is C16H21Cl2N. The Kier molecular flexibility index (Phi) is 4.07. The van der Waals surface area contributed by atoms with Crippen molar-refractivity contribution in [2.24, 2.45) is 17.8 Å². The number of nitrogens with one attached hydrogen (secondary N) is 1.